The van der Waals surface area contributed by atoms with Gasteiger partial charge in [-0.1, -0.05) is 24.3 Å². The molecule has 8 heteroatoms. The maximum absolute atomic E-state index is 12.0. The van der Waals surface area contributed by atoms with Gasteiger partial charge in [0.2, 0.25) is 6.08 Å². The highest BCUT2D eigenvalue weighted by molar-refractivity contribution is 5.89. The fraction of sp³-hybridized carbons (Fsp3) is 0.462. The van der Waals surface area contributed by atoms with E-state index in [1.165, 1.54) is 19.2 Å². The van der Waals surface area contributed by atoms with Gasteiger partial charge in [-0.25, -0.2) is 9.59 Å². The normalized spacial score (nSPS) is 16.2. The Morgan fingerprint density at radius 2 is 1.47 bits per heavy atom. The van der Waals surface area contributed by atoms with E-state index >= 15 is 0 Å². The number of nitrogens with one attached hydrogen (secondary N) is 2. The third kappa shape index (κ3) is 10.7. The number of isocyanates is 1. The second kappa shape index (κ2) is 15.0. The van der Waals surface area contributed by atoms with E-state index in [4.69, 9.17) is 0 Å². The topological polar surface area (TPSA) is 80.3 Å². The third-order valence-electron chi connectivity index (χ3n) is 5.58. The van der Waals surface area contributed by atoms with Crippen LogP contribution in [0.15, 0.2) is 53.5 Å². The Morgan fingerprint density at radius 3 is 2.00 bits per heavy atom. The van der Waals surface area contributed by atoms with Crippen molar-refractivity contribution in [3.8, 4) is 0 Å². The summed E-state index contributed by atoms with van der Waals surface area (Å²) in [6, 6.07) is 15.3. The highest BCUT2D eigenvalue weighted by Crippen LogP contribution is 2.12. The Labute approximate surface area is 203 Å². The van der Waals surface area contributed by atoms with Crippen molar-refractivity contribution in [2.45, 2.75) is 13.8 Å². The largest absolute Gasteiger partial charge is 0.322 e. The number of amides is 2. The van der Waals surface area contributed by atoms with Crippen molar-refractivity contribution in [1.29, 1.82) is 0 Å². The Kier molecular flexibility index (Phi) is 12.0. The predicted molar refractivity (Wildman–Crippen MR) is 139 cm³/mol. The van der Waals surface area contributed by atoms with Crippen LogP contribution in [0.3, 0.4) is 0 Å². The summed E-state index contributed by atoms with van der Waals surface area (Å²) in [7, 11) is 4.23. The molecule has 2 N–H and O–H groups in total. The van der Waals surface area contributed by atoms with Crippen LogP contribution in [0.2, 0.25) is 0 Å². The van der Waals surface area contributed by atoms with Gasteiger partial charge in [0.05, 0.1) is 5.69 Å². The number of piperazine rings is 2. The number of likely N-dealkylation sites (N-methyl/N-ethyl adjacent to an activating group) is 2. The molecule has 2 saturated heterocycles. The molecule has 0 saturated carbocycles. The molecule has 34 heavy (non-hydrogen) atoms. The van der Waals surface area contributed by atoms with E-state index in [1.807, 2.05) is 61.2 Å². The lowest BCUT2D eigenvalue weighted by molar-refractivity contribution is 0.164. The average Bonchev–Trinajstić information content (AvgIpc) is 2.81. The zero-order valence-corrected chi connectivity index (χ0v) is 20.9. The number of anilines is 1. The first-order chi connectivity index (χ1) is 16.4. The number of nitrogens with zero attached hydrogens (tertiary/aromatic N) is 4. The van der Waals surface area contributed by atoms with Crippen LogP contribution in [-0.2, 0) is 4.79 Å². The molecule has 0 bridgehead atoms. The van der Waals surface area contributed by atoms with Gasteiger partial charge in [-0.15, -0.1) is 0 Å². The summed E-state index contributed by atoms with van der Waals surface area (Å²) in [5.74, 6) is 0. The molecule has 2 aliphatic rings. The van der Waals surface area contributed by atoms with Crippen LogP contribution in [0.1, 0.15) is 11.1 Å². The molecule has 2 aromatic rings. The molecule has 0 aliphatic carbocycles. The first-order valence-corrected chi connectivity index (χ1v) is 11.7. The number of carbonyl (C=O) groups excluding carboxylic acids is 2. The fourth-order valence-electron chi connectivity index (χ4n) is 3.46. The van der Waals surface area contributed by atoms with Crippen molar-refractivity contribution in [3.05, 3.63) is 59.7 Å². The SMILES string of the molecule is CN1CCNCC1.Cc1cccc(N=C=O)c1.Cc1cccc(NC(=O)N2CCN(C)CC2)c1. The van der Waals surface area contributed by atoms with Gasteiger partial charge in [-0.2, -0.15) is 4.99 Å². The molecule has 2 fully saturated rings. The Morgan fingerprint density at radius 1 is 0.882 bits per heavy atom. The molecule has 4 rings (SSSR count). The molecular weight excluding hydrogens is 428 g/mol. The van der Waals surface area contributed by atoms with Crippen molar-refractivity contribution in [2.24, 2.45) is 4.99 Å². The van der Waals surface area contributed by atoms with Crippen LogP contribution in [0.25, 0.3) is 0 Å². The van der Waals surface area contributed by atoms with Crippen molar-refractivity contribution in [1.82, 2.24) is 20.0 Å². The van der Waals surface area contributed by atoms with Gasteiger partial charge in [0.25, 0.3) is 0 Å². The lowest BCUT2D eigenvalue weighted by Crippen LogP contribution is -2.48. The molecule has 0 aromatic heterocycles. The summed E-state index contributed by atoms with van der Waals surface area (Å²) >= 11 is 0. The maximum atomic E-state index is 12.0. The number of urea groups is 1. The molecule has 0 unspecified atom stereocenters. The van der Waals surface area contributed by atoms with E-state index in [9.17, 15) is 9.59 Å². The molecule has 0 atom stereocenters. The minimum atomic E-state index is 0.00343. The van der Waals surface area contributed by atoms with Crippen molar-refractivity contribution in [3.63, 3.8) is 0 Å². The fourth-order valence-corrected chi connectivity index (χ4v) is 3.46. The van der Waals surface area contributed by atoms with E-state index < -0.39 is 0 Å². The number of benzene rings is 2. The lowest BCUT2D eigenvalue weighted by atomic mass is 10.2. The second-order valence-electron chi connectivity index (χ2n) is 8.69. The van der Waals surface area contributed by atoms with Crippen LogP contribution in [-0.4, -0.2) is 93.3 Å². The number of rotatable bonds is 2. The van der Waals surface area contributed by atoms with Gasteiger partial charge >= 0.3 is 6.03 Å². The number of hydrogen-bond donors (Lipinski definition) is 2. The predicted octanol–water partition coefficient (Wildman–Crippen LogP) is 3.26. The van der Waals surface area contributed by atoms with Gasteiger partial charge in [0, 0.05) is 58.0 Å². The molecule has 8 nitrogen and oxygen atoms in total. The minimum absolute atomic E-state index is 0.00343. The van der Waals surface area contributed by atoms with Crippen LogP contribution in [0.5, 0.6) is 0 Å². The monoisotopic (exact) mass is 466 g/mol. The lowest BCUT2D eigenvalue weighted by Gasteiger charge is -2.32. The van der Waals surface area contributed by atoms with E-state index in [-0.39, 0.29) is 6.03 Å². The summed E-state index contributed by atoms with van der Waals surface area (Å²) in [4.78, 5) is 31.7. The van der Waals surface area contributed by atoms with Gasteiger partial charge in [0.15, 0.2) is 0 Å². The molecule has 0 spiro atoms. The smallest absolute Gasteiger partial charge is 0.321 e. The highest BCUT2D eigenvalue weighted by Gasteiger charge is 2.18. The van der Waals surface area contributed by atoms with E-state index in [0.717, 1.165) is 56.1 Å². The van der Waals surface area contributed by atoms with Crippen LogP contribution in [0.4, 0.5) is 16.2 Å². The number of hydrogen-bond acceptors (Lipinski definition) is 6. The zero-order valence-electron chi connectivity index (χ0n) is 20.9. The van der Waals surface area contributed by atoms with Gasteiger partial charge in [0.1, 0.15) is 0 Å². The number of aliphatic imine (C=N–C) groups is 1. The molecule has 2 aromatic carbocycles. The van der Waals surface area contributed by atoms with Crippen LogP contribution >= 0.6 is 0 Å². The molecule has 0 radical (unpaired) electrons. The molecule has 2 heterocycles. The summed E-state index contributed by atoms with van der Waals surface area (Å²) in [5.41, 5.74) is 3.78. The Hall–Kier alpha value is -3.03. The van der Waals surface area contributed by atoms with Gasteiger partial charge < -0.3 is 25.3 Å². The zero-order chi connectivity index (χ0) is 24.8. The summed E-state index contributed by atoms with van der Waals surface area (Å²) < 4.78 is 0. The van der Waals surface area contributed by atoms with E-state index in [0.29, 0.717) is 5.69 Å². The first kappa shape index (κ1) is 27.2. The summed E-state index contributed by atoms with van der Waals surface area (Å²) in [5, 5.41) is 6.21. The first-order valence-electron chi connectivity index (χ1n) is 11.7. The van der Waals surface area contributed by atoms with Crippen molar-refractivity contribution < 1.29 is 9.59 Å². The Balaban J connectivity index is 0.000000202. The van der Waals surface area contributed by atoms with Crippen LogP contribution in [0, 0.1) is 13.8 Å². The summed E-state index contributed by atoms with van der Waals surface area (Å²) in [6.07, 6.45) is 1.49. The average molecular weight is 467 g/mol. The molecule has 2 amide bonds. The van der Waals surface area contributed by atoms with Crippen molar-refractivity contribution >= 4 is 23.5 Å². The molecule has 184 valence electrons. The van der Waals surface area contributed by atoms with Gasteiger partial charge in [-0.3, -0.25) is 0 Å². The minimum Gasteiger partial charge on any atom is -0.322 e. The van der Waals surface area contributed by atoms with Crippen LogP contribution < -0.4 is 10.6 Å². The second-order valence-corrected chi connectivity index (χ2v) is 8.69. The number of carbonyl (C=O) groups is 1. The van der Waals surface area contributed by atoms with Crippen molar-refractivity contribution in [2.75, 3.05) is 71.8 Å². The maximum Gasteiger partial charge on any atom is 0.321 e. The van der Waals surface area contributed by atoms with E-state index in [1.54, 1.807) is 6.07 Å². The molecular formula is C26H38N6O2. The van der Waals surface area contributed by atoms with Gasteiger partial charge in [-0.05, 0) is 63.3 Å². The standard InChI is InChI=1S/C13H19N3O.C8H7NO.C5H12N2/c1-11-4-3-5-12(10-11)14-13(17)16-8-6-15(2)7-9-16;1-7-3-2-4-8(5-7)9-6-10;1-7-4-2-6-3-5-7/h3-5,10H,6-9H2,1-2H3,(H,14,17);2-5H,1H3;6H,2-5H2,1H3. The summed E-state index contributed by atoms with van der Waals surface area (Å²) in [6.45, 7) is 12.2. The number of aryl methyl sites for hydroxylation is 2. The molecule has 2 aliphatic heterocycles. The Bertz CT molecular complexity index is 930. The third-order valence-corrected chi connectivity index (χ3v) is 5.58. The van der Waals surface area contributed by atoms with E-state index in [2.05, 4.69) is 39.5 Å². The quantitative estimate of drug-likeness (QED) is 0.525. The highest BCUT2D eigenvalue weighted by atomic mass is 16.2.